The quantitative estimate of drug-likeness (QED) is 0.192. The Kier molecular flexibility index (Phi) is 8.36. The van der Waals surface area contributed by atoms with E-state index in [1.165, 1.54) is 11.8 Å². The minimum Gasteiger partial charge on any atom is -0.422 e. The van der Waals surface area contributed by atoms with Crippen LogP contribution in [0.5, 0.6) is 11.5 Å². The molecule has 2 aromatic carbocycles. The number of esters is 2. The van der Waals surface area contributed by atoms with E-state index in [0.717, 1.165) is 30.9 Å². The fourth-order valence-electron chi connectivity index (χ4n) is 1.75. The summed E-state index contributed by atoms with van der Waals surface area (Å²) < 4.78 is 13.1. The molecule has 0 unspecified atom stereocenters. The molecule has 9 heteroatoms. The van der Waals surface area contributed by atoms with Crippen LogP contribution in [0.15, 0.2) is 77.3 Å². The maximum absolute atomic E-state index is 11.4. The number of halogens is 4. The fraction of sp³-hybridized carbons (Fsp3) is 0. The third-order valence-electron chi connectivity index (χ3n) is 2.95. The SMILES string of the molecule is C=CC(=O)Oc1cc(Br)c(Sc2cc(Br)c(OC(=O)C=C)cc2Br)cc1Br. The third-order valence-corrected chi connectivity index (χ3v) is 7.14. The molecule has 0 saturated carbocycles. The normalized spacial score (nSPS) is 10.2. The lowest BCUT2D eigenvalue weighted by Crippen LogP contribution is -2.04. The maximum Gasteiger partial charge on any atom is 0.335 e. The summed E-state index contributed by atoms with van der Waals surface area (Å²) in [6.07, 6.45) is 2.19. The molecule has 0 bridgehead atoms. The van der Waals surface area contributed by atoms with Crippen LogP contribution in [0.2, 0.25) is 0 Å². The Balaban J connectivity index is 2.31. The summed E-state index contributed by atoms with van der Waals surface area (Å²) in [5.74, 6) is -0.329. The van der Waals surface area contributed by atoms with Gasteiger partial charge in [0.05, 0.1) is 8.95 Å². The highest BCUT2D eigenvalue weighted by molar-refractivity contribution is 9.11. The number of ether oxygens (including phenoxy) is 2. The van der Waals surface area contributed by atoms with Crippen molar-refractivity contribution in [3.05, 3.63) is 67.5 Å². The molecule has 0 atom stereocenters. The standard InChI is InChI=1S/C18H10Br4O4S/c1-3-17(23)25-13-5-11(21)15(7-9(13)19)27-16-8-10(20)14(6-12(16)22)26-18(24)4-2/h3-8H,1-2H2. The maximum atomic E-state index is 11.4. The summed E-state index contributed by atoms with van der Waals surface area (Å²) in [6.45, 7) is 6.76. The minimum atomic E-state index is -0.542. The summed E-state index contributed by atoms with van der Waals surface area (Å²) in [6, 6.07) is 7.03. The molecule has 0 spiro atoms. The van der Waals surface area contributed by atoms with Gasteiger partial charge in [0.25, 0.3) is 0 Å². The first-order valence-electron chi connectivity index (χ1n) is 7.09. The molecule has 2 aromatic rings. The van der Waals surface area contributed by atoms with E-state index in [9.17, 15) is 9.59 Å². The molecular formula is C18H10Br4O4S. The van der Waals surface area contributed by atoms with Gasteiger partial charge in [0, 0.05) is 30.9 Å². The average molecular weight is 642 g/mol. The highest BCUT2D eigenvalue weighted by Crippen LogP contribution is 2.44. The van der Waals surface area contributed by atoms with Crippen molar-refractivity contribution >= 4 is 87.4 Å². The van der Waals surface area contributed by atoms with Gasteiger partial charge in [-0.15, -0.1) is 0 Å². The summed E-state index contributed by atoms with van der Waals surface area (Å²) in [5.41, 5.74) is 0. The summed E-state index contributed by atoms with van der Waals surface area (Å²) in [5, 5.41) is 0. The summed E-state index contributed by atoms with van der Waals surface area (Å²) in [4.78, 5) is 24.6. The lowest BCUT2D eigenvalue weighted by atomic mass is 10.3. The molecule has 0 aliphatic rings. The van der Waals surface area contributed by atoms with Crippen LogP contribution in [0.25, 0.3) is 0 Å². The van der Waals surface area contributed by atoms with Crippen LogP contribution in [-0.4, -0.2) is 11.9 Å². The van der Waals surface area contributed by atoms with E-state index >= 15 is 0 Å². The molecule has 0 amide bonds. The number of rotatable bonds is 6. The monoisotopic (exact) mass is 638 g/mol. The lowest BCUT2D eigenvalue weighted by molar-refractivity contribution is -0.129. The Morgan fingerprint density at radius 1 is 0.741 bits per heavy atom. The summed E-state index contributed by atoms with van der Waals surface area (Å²) in [7, 11) is 0. The van der Waals surface area contributed by atoms with Crippen LogP contribution in [0.3, 0.4) is 0 Å². The Hall–Kier alpha value is -0.870. The molecule has 140 valence electrons. The van der Waals surface area contributed by atoms with Crippen LogP contribution in [0, 0.1) is 0 Å². The van der Waals surface area contributed by atoms with Gasteiger partial charge in [-0.2, -0.15) is 0 Å². The second-order valence-electron chi connectivity index (χ2n) is 4.78. The number of hydrogen-bond acceptors (Lipinski definition) is 5. The highest BCUT2D eigenvalue weighted by atomic mass is 79.9. The van der Waals surface area contributed by atoms with Gasteiger partial charge in [0.2, 0.25) is 0 Å². The predicted molar refractivity (Wildman–Crippen MR) is 119 cm³/mol. The Bertz CT molecular complexity index is 868. The first-order valence-corrected chi connectivity index (χ1v) is 11.1. The van der Waals surface area contributed by atoms with Crippen LogP contribution in [0.1, 0.15) is 0 Å². The molecule has 0 heterocycles. The molecule has 2 rings (SSSR count). The van der Waals surface area contributed by atoms with Gasteiger partial charge in [-0.1, -0.05) is 24.9 Å². The molecule has 27 heavy (non-hydrogen) atoms. The van der Waals surface area contributed by atoms with Gasteiger partial charge in [0.15, 0.2) is 0 Å². The summed E-state index contributed by atoms with van der Waals surface area (Å²) >= 11 is 15.2. The Morgan fingerprint density at radius 2 is 1.11 bits per heavy atom. The molecule has 0 aliphatic carbocycles. The van der Waals surface area contributed by atoms with Gasteiger partial charge in [-0.3, -0.25) is 0 Å². The number of hydrogen-bond donors (Lipinski definition) is 0. The average Bonchev–Trinajstić information content (AvgIpc) is 2.62. The second-order valence-corrected chi connectivity index (χ2v) is 9.28. The molecule has 0 saturated heterocycles. The van der Waals surface area contributed by atoms with Crippen molar-refractivity contribution in [3.63, 3.8) is 0 Å². The van der Waals surface area contributed by atoms with Gasteiger partial charge in [0.1, 0.15) is 11.5 Å². The second kappa shape index (κ2) is 10.1. The predicted octanol–water partition coefficient (Wildman–Crippen LogP) is 7.07. The van der Waals surface area contributed by atoms with Crippen LogP contribution in [-0.2, 0) is 9.59 Å². The zero-order valence-corrected chi connectivity index (χ0v) is 20.6. The van der Waals surface area contributed by atoms with Crippen molar-refractivity contribution in [3.8, 4) is 11.5 Å². The van der Waals surface area contributed by atoms with E-state index in [0.29, 0.717) is 20.4 Å². The van der Waals surface area contributed by atoms with Crippen LogP contribution >= 0.6 is 75.5 Å². The molecule has 4 nitrogen and oxygen atoms in total. The topological polar surface area (TPSA) is 52.6 Å². The Labute approximate surface area is 193 Å². The highest BCUT2D eigenvalue weighted by Gasteiger charge is 2.15. The minimum absolute atomic E-state index is 0.378. The zero-order valence-electron chi connectivity index (χ0n) is 13.4. The smallest absolute Gasteiger partial charge is 0.335 e. The molecule has 0 radical (unpaired) electrons. The van der Waals surface area contributed by atoms with Crippen molar-refractivity contribution in [2.45, 2.75) is 9.79 Å². The van der Waals surface area contributed by atoms with E-state index in [-0.39, 0.29) is 0 Å². The number of benzene rings is 2. The van der Waals surface area contributed by atoms with Gasteiger partial charge in [-0.05, 0) is 88.0 Å². The van der Waals surface area contributed by atoms with Crippen molar-refractivity contribution in [1.29, 1.82) is 0 Å². The van der Waals surface area contributed by atoms with Crippen molar-refractivity contribution < 1.29 is 19.1 Å². The molecule has 0 aromatic heterocycles. The van der Waals surface area contributed by atoms with E-state index in [2.05, 4.69) is 76.9 Å². The van der Waals surface area contributed by atoms with Gasteiger partial charge < -0.3 is 9.47 Å². The molecule has 0 N–H and O–H groups in total. The number of carbonyl (C=O) groups excluding carboxylic acids is 2. The van der Waals surface area contributed by atoms with Crippen molar-refractivity contribution in [2.75, 3.05) is 0 Å². The van der Waals surface area contributed by atoms with E-state index in [4.69, 9.17) is 9.47 Å². The third kappa shape index (κ3) is 6.05. The molecule has 0 aliphatic heterocycles. The van der Waals surface area contributed by atoms with E-state index in [1.807, 2.05) is 12.1 Å². The largest absolute Gasteiger partial charge is 0.422 e. The van der Waals surface area contributed by atoms with Gasteiger partial charge in [-0.25, -0.2) is 9.59 Å². The van der Waals surface area contributed by atoms with Crippen LogP contribution in [0.4, 0.5) is 0 Å². The fourth-order valence-corrected chi connectivity index (χ4v) is 4.94. The zero-order chi connectivity index (χ0) is 20.1. The van der Waals surface area contributed by atoms with Crippen molar-refractivity contribution in [2.24, 2.45) is 0 Å². The van der Waals surface area contributed by atoms with E-state index < -0.39 is 11.9 Å². The van der Waals surface area contributed by atoms with Crippen molar-refractivity contribution in [1.82, 2.24) is 0 Å². The van der Waals surface area contributed by atoms with Gasteiger partial charge >= 0.3 is 11.9 Å². The molecular weight excluding hydrogens is 632 g/mol. The van der Waals surface area contributed by atoms with Crippen LogP contribution < -0.4 is 9.47 Å². The number of carbonyl (C=O) groups is 2. The first kappa shape index (κ1) is 22.4. The van der Waals surface area contributed by atoms with E-state index in [1.54, 1.807) is 12.1 Å². The Morgan fingerprint density at radius 3 is 1.44 bits per heavy atom. The molecule has 0 fully saturated rings. The first-order chi connectivity index (χ1) is 12.7. The lowest BCUT2D eigenvalue weighted by Gasteiger charge is -2.12.